The van der Waals surface area contributed by atoms with Gasteiger partial charge in [0.15, 0.2) is 0 Å². The largest absolute Gasteiger partial charge is 0.494 e. The number of methoxy groups -OCH3 is 1. The smallest absolute Gasteiger partial charge is 0.328 e. The summed E-state index contributed by atoms with van der Waals surface area (Å²) in [6, 6.07) is 23.8. The van der Waals surface area contributed by atoms with Crippen LogP contribution in [-0.2, 0) is 27.2 Å². The fourth-order valence-corrected chi connectivity index (χ4v) is 3.91. The molecule has 7 heteroatoms. The molecule has 0 aromatic heterocycles. The van der Waals surface area contributed by atoms with Crippen LogP contribution < -0.4 is 10.1 Å². The normalized spacial score (nSPS) is 12.2. The van der Waals surface area contributed by atoms with Gasteiger partial charge in [-0.1, -0.05) is 60.7 Å². The molecule has 0 radical (unpaired) electrons. The van der Waals surface area contributed by atoms with Crippen molar-refractivity contribution in [1.82, 2.24) is 10.2 Å². The Kier molecular flexibility index (Phi) is 9.63. The standard InChI is InChI=1S/C29H32N2O5/c1-4-36-24-17-15-22(16-18-24)19-25(30-27(32)23-13-9-6-10-14-23)28(33)31(2)26(29(34)35-3)20-21-11-7-5-8-12-21/h5-18,25-26H,4,19-20H2,1-3H3,(H,30,32). The first-order valence-electron chi connectivity index (χ1n) is 11.9. The fourth-order valence-electron chi connectivity index (χ4n) is 3.91. The molecule has 36 heavy (non-hydrogen) atoms. The minimum atomic E-state index is -0.899. The Morgan fingerprint density at radius 2 is 1.42 bits per heavy atom. The van der Waals surface area contributed by atoms with E-state index in [4.69, 9.17) is 9.47 Å². The van der Waals surface area contributed by atoms with Crippen LogP contribution in [0.4, 0.5) is 0 Å². The third-order valence-electron chi connectivity index (χ3n) is 5.87. The third-order valence-corrected chi connectivity index (χ3v) is 5.87. The Hall–Kier alpha value is -4.13. The SMILES string of the molecule is CCOc1ccc(CC(NC(=O)c2ccccc2)C(=O)N(C)C(Cc2ccccc2)C(=O)OC)cc1. The van der Waals surface area contributed by atoms with E-state index in [2.05, 4.69) is 5.32 Å². The number of nitrogens with one attached hydrogen (secondary N) is 1. The maximum Gasteiger partial charge on any atom is 0.328 e. The molecule has 3 aromatic carbocycles. The summed E-state index contributed by atoms with van der Waals surface area (Å²) in [6.45, 7) is 2.46. The number of esters is 1. The number of carbonyl (C=O) groups is 3. The van der Waals surface area contributed by atoms with Crippen LogP contribution in [0.15, 0.2) is 84.9 Å². The maximum atomic E-state index is 13.7. The fraction of sp³-hybridized carbons (Fsp3) is 0.276. The zero-order valence-corrected chi connectivity index (χ0v) is 20.8. The molecule has 3 aromatic rings. The van der Waals surface area contributed by atoms with E-state index >= 15 is 0 Å². The van der Waals surface area contributed by atoms with Gasteiger partial charge in [-0.05, 0) is 42.3 Å². The number of rotatable bonds is 11. The molecule has 2 unspecified atom stereocenters. The summed E-state index contributed by atoms with van der Waals surface area (Å²) in [5.74, 6) is -0.558. The van der Waals surface area contributed by atoms with Crippen LogP contribution in [0.5, 0.6) is 5.75 Å². The molecule has 3 rings (SSSR count). The lowest BCUT2D eigenvalue weighted by molar-refractivity contribution is -0.152. The Bertz CT molecular complexity index is 1130. The highest BCUT2D eigenvalue weighted by Crippen LogP contribution is 2.16. The van der Waals surface area contributed by atoms with Gasteiger partial charge in [-0.15, -0.1) is 0 Å². The van der Waals surface area contributed by atoms with E-state index in [9.17, 15) is 14.4 Å². The second-order valence-corrected chi connectivity index (χ2v) is 8.35. The lowest BCUT2D eigenvalue weighted by atomic mass is 10.0. The van der Waals surface area contributed by atoms with E-state index in [1.807, 2.05) is 67.6 Å². The number of hydrogen-bond acceptors (Lipinski definition) is 5. The van der Waals surface area contributed by atoms with Crippen molar-refractivity contribution in [2.45, 2.75) is 31.8 Å². The summed E-state index contributed by atoms with van der Waals surface area (Å²) in [5.41, 5.74) is 2.18. The van der Waals surface area contributed by atoms with Crippen molar-refractivity contribution >= 4 is 17.8 Å². The summed E-state index contributed by atoms with van der Waals surface area (Å²) < 4.78 is 10.5. The first-order chi connectivity index (χ1) is 17.4. The van der Waals surface area contributed by atoms with Crippen molar-refractivity contribution in [2.24, 2.45) is 0 Å². The molecule has 0 bridgehead atoms. The van der Waals surface area contributed by atoms with Gasteiger partial charge in [-0.3, -0.25) is 9.59 Å². The molecule has 188 valence electrons. The first-order valence-corrected chi connectivity index (χ1v) is 11.9. The van der Waals surface area contributed by atoms with E-state index in [0.717, 1.165) is 16.9 Å². The lowest BCUT2D eigenvalue weighted by Gasteiger charge is -2.30. The molecule has 2 atom stereocenters. The van der Waals surface area contributed by atoms with Crippen molar-refractivity contribution in [1.29, 1.82) is 0 Å². The number of nitrogens with zero attached hydrogens (tertiary/aromatic N) is 1. The zero-order valence-electron chi connectivity index (χ0n) is 20.8. The zero-order chi connectivity index (χ0) is 25.9. The van der Waals surface area contributed by atoms with E-state index in [1.165, 1.54) is 12.0 Å². The second-order valence-electron chi connectivity index (χ2n) is 8.35. The molecule has 2 amide bonds. The van der Waals surface area contributed by atoms with Gasteiger partial charge in [0.05, 0.1) is 13.7 Å². The molecule has 0 aliphatic heterocycles. The monoisotopic (exact) mass is 488 g/mol. The van der Waals surface area contributed by atoms with Gasteiger partial charge in [0.25, 0.3) is 5.91 Å². The van der Waals surface area contributed by atoms with Crippen molar-refractivity contribution in [2.75, 3.05) is 20.8 Å². The summed E-state index contributed by atoms with van der Waals surface area (Å²) in [5, 5.41) is 2.86. The van der Waals surface area contributed by atoms with Gasteiger partial charge in [0.1, 0.15) is 17.8 Å². The third kappa shape index (κ3) is 7.18. The quantitative estimate of drug-likeness (QED) is 0.417. The van der Waals surface area contributed by atoms with Crippen LogP contribution in [0, 0.1) is 0 Å². The predicted octanol–water partition coefficient (Wildman–Crippen LogP) is 3.67. The Morgan fingerprint density at radius 1 is 0.833 bits per heavy atom. The van der Waals surface area contributed by atoms with Crippen LogP contribution in [0.2, 0.25) is 0 Å². The summed E-state index contributed by atoms with van der Waals surface area (Å²) in [4.78, 5) is 40.7. The number of hydrogen-bond donors (Lipinski definition) is 1. The molecule has 7 nitrogen and oxygen atoms in total. The number of likely N-dealkylation sites (N-methyl/N-ethyl adjacent to an activating group) is 1. The van der Waals surface area contributed by atoms with E-state index in [-0.39, 0.29) is 24.7 Å². The Labute approximate surface area is 212 Å². The van der Waals surface area contributed by atoms with Gasteiger partial charge in [0, 0.05) is 25.5 Å². The predicted molar refractivity (Wildman–Crippen MR) is 138 cm³/mol. The molecule has 0 heterocycles. The van der Waals surface area contributed by atoms with Gasteiger partial charge >= 0.3 is 5.97 Å². The van der Waals surface area contributed by atoms with Crippen LogP contribution in [0.1, 0.15) is 28.4 Å². The number of benzene rings is 3. The molecular formula is C29H32N2O5. The first kappa shape index (κ1) is 26.5. The summed E-state index contributed by atoms with van der Waals surface area (Å²) in [6.07, 6.45) is 0.533. The number of amides is 2. The van der Waals surface area contributed by atoms with Crippen molar-refractivity contribution in [3.63, 3.8) is 0 Å². The van der Waals surface area contributed by atoms with Crippen LogP contribution >= 0.6 is 0 Å². The average molecular weight is 489 g/mol. The highest BCUT2D eigenvalue weighted by molar-refractivity contribution is 5.98. The molecule has 0 aliphatic carbocycles. The second kappa shape index (κ2) is 13.1. The van der Waals surface area contributed by atoms with Crippen LogP contribution in [0.25, 0.3) is 0 Å². The van der Waals surface area contributed by atoms with Gasteiger partial charge in [-0.2, -0.15) is 0 Å². The van der Waals surface area contributed by atoms with Crippen LogP contribution in [-0.4, -0.2) is 55.5 Å². The highest BCUT2D eigenvalue weighted by Gasteiger charge is 2.33. The van der Waals surface area contributed by atoms with Crippen molar-refractivity contribution in [3.05, 3.63) is 102 Å². The number of ether oxygens (including phenoxy) is 2. The minimum Gasteiger partial charge on any atom is -0.494 e. The molecule has 0 saturated carbocycles. The highest BCUT2D eigenvalue weighted by atomic mass is 16.5. The molecule has 0 saturated heterocycles. The molecule has 0 spiro atoms. The van der Waals surface area contributed by atoms with Gasteiger partial charge < -0.3 is 19.7 Å². The Morgan fingerprint density at radius 3 is 2.00 bits per heavy atom. The number of carbonyl (C=O) groups excluding carboxylic acids is 3. The van der Waals surface area contributed by atoms with E-state index in [1.54, 1.807) is 31.3 Å². The van der Waals surface area contributed by atoms with Gasteiger partial charge in [-0.25, -0.2) is 4.79 Å². The lowest BCUT2D eigenvalue weighted by Crippen LogP contribution is -2.54. The molecule has 0 fully saturated rings. The summed E-state index contributed by atoms with van der Waals surface area (Å²) in [7, 11) is 2.86. The minimum absolute atomic E-state index is 0.243. The summed E-state index contributed by atoms with van der Waals surface area (Å²) >= 11 is 0. The molecular weight excluding hydrogens is 456 g/mol. The maximum absolute atomic E-state index is 13.7. The topological polar surface area (TPSA) is 84.9 Å². The average Bonchev–Trinajstić information content (AvgIpc) is 2.92. The van der Waals surface area contributed by atoms with Gasteiger partial charge in [0.2, 0.25) is 5.91 Å². The van der Waals surface area contributed by atoms with E-state index < -0.39 is 18.1 Å². The van der Waals surface area contributed by atoms with Crippen molar-refractivity contribution < 1.29 is 23.9 Å². The van der Waals surface area contributed by atoms with Crippen molar-refractivity contribution in [3.8, 4) is 5.75 Å². The Balaban J connectivity index is 1.86. The molecule has 1 N–H and O–H groups in total. The van der Waals surface area contributed by atoms with E-state index in [0.29, 0.717) is 12.2 Å². The van der Waals surface area contributed by atoms with Crippen LogP contribution in [0.3, 0.4) is 0 Å². The molecule has 0 aliphatic rings.